The van der Waals surface area contributed by atoms with Crippen LogP contribution in [0.4, 0.5) is 0 Å². The SMILES string of the molecule is C=C(C)COC(O)(CCC)c1ccccc1C(=O)OC(=O)c1ccccc1. The van der Waals surface area contributed by atoms with Crippen LogP contribution < -0.4 is 0 Å². The number of esters is 2. The van der Waals surface area contributed by atoms with E-state index in [1.54, 1.807) is 55.5 Å². The van der Waals surface area contributed by atoms with Crippen LogP contribution in [0, 0.1) is 0 Å². The summed E-state index contributed by atoms with van der Waals surface area (Å²) in [6, 6.07) is 14.7. The molecule has 0 saturated carbocycles. The lowest BCUT2D eigenvalue weighted by Crippen LogP contribution is -2.32. The number of ether oxygens (including phenoxy) is 2. The predicted octanol–water partition coefficient (Wildman–Crippen LogP) is 4.22. The van der Waals surface area contributed by atoms with Gasteiger partial charge in [0.2, 0.25) is 0 Å². The molecule has 0 radical (unpaired) electrons. The van der Waals surface area contributed by atoms with E-state index in [1.807, 2.05) is 6.92 Å². The van der Waals surface area contributed by atoms with Gasteiger partial charge in [0.15, 0.2) is 5.79 Å². The maximum Gasteiger partial charge on any atom is 0.346 e. The minimum Gasteiger partial charge on any atom is -0.386 e. The van der Waals surface area contributed by atoms with Crippen molar-refractivity contribution in [1.29, 1.82) is 0 Å². The Morgan fingerprint density at radius 3 is 2.30 bits per heavy atom. The van der Waals surface area contributed by atoms with Crippen LogP contribution >= 0.6 is 0 Å². The first-order valence-corrected chi connectivity index (χ1v) is 8.79. The third-order valence-corrected chi connectivity index (χ3v) is 3.91. The molecule has 0 fully saturated rings. The van der Waals surface area contributed by atoms with Gasteiger partial charge in [0.1, 0.15) is 0 Å². The maximum atomic E-state index is 12.6. The lowest BCUT2D eigenvalue weighted by molar-refractivity contribution is -0.212. The van der Waals surface area contributed by atoms with E-state index < -0.39 is 17.7 Å². The van der Waals surface area contributed by atoms with Crippen LogP contribution in [0.3, 0.4) is 0 Å². The van der Waals surface area contributed by atoms with Crippen molar-refractivity contribution in [3.8, 4) is 0 Å². The maximum absolute atomic E-state index is 12.6. The molecule has 0 aliphatic rings. The van der Waals surface area contributed by atoms with E-state index in [0.717, 1.165) is 5.57 Å². The van der Waals surface area contributed by atoms with E-state index in [-0.39, 0.29) is 29.7 Å². The molecule has 5 heteroatoms. The Morgan fingerprint density at radius 2 is 1.67 bits per heavy atom. The van der Waals surface area contributed by atoms with Gasteiger partial charge in [-0.2, -0.15) is 0 Å². The second-order valence-corrected chi connectivity index (χ2v) is 6.37. The zero-order valence-electron chi connectivity index (χ0n) is 15.6. The van der Waals surface area contributed by atoms with Gasteiger partial charge in [-0.1, -0.05) is 61.9 Å². The predicted molar refractivity (Wildman–Crippen MR) is 102 cm³/mol. The Morgan fingerprint density at radius 1 is 1.04 bits per heavy atom. The Balaban J connectivity index is 2.31. The van der Waals surface area contributed by atoms with Crippen molar-refractivity contribution < 1.29 is 24.2 Å². The third-order valence-electron chi connectivity index (χ3n) is 3.91. The molecule has 2 aromatic carbocycles. The average molecular weight is 368 g/mol. The van der Waals surface area contributed by atoms with Gasteiger partial charge in [0.25, 0.3) is 0 Å². The lowest BCUT2D eigenvalue weighted by atomic mass is 9.95. The molecule has 2 rings (SSSR count). The van der Waals surface area contributed by atoms with E-state index in [2.05, 4.69) is 6.58 Å². The van der Waals surface area contributed by atoms with E-state index in [1.165, 1.54) is 6.07 Å². The highest BCUT2D eigenvalue weighted by Crippen LogP contribution is 2.31. The summed E-state index contributed by atoms with van der Waals surface area (Å²) in [7, 11) is 0. The van der Waals surface area contributed by atoms with E-state index in [0.29, 0.717) is 6.42 Å². The molecule has 0 aliphatic heterocycles. The molecular formula is C22H24O5. The first kappa shape index (κ1) is 20.6. The van der Waals surface area contributed by atoms with Gasteiger partial charge in [-0.25, -0.2) is 9.59 Å². The molecule has 0 heterocycles. The van der Waals surface area contributed by atoms with Gasteiger partial charge >= 0.3 is 11.9 Å². The van der Waals surface area contributed by atoms with Gasteiger partial charge in [0.05, 0.1) is 17.7 Å². The number of benzene rings is 2. The van der Waals surface area contributed by atoms with Crippen molar-refractivity contribution in [2.75, 3.05) is 6.61 Å². The summed E-state index contributed by atoms with van der Waals surface area (Å²) in [6.45, 7) is 7.59. The van der Waals surface area contributed by atoms with Crippen LogP contribution in [0.15, 0.2) is 66.7 Å². The highest BCUT2D eigenvalue weighted by atomic mass is 16.6. The molecule has 0 bridgehead atoms. The number of hydrogen-bond acceptors (Lipinski definition) is 5. The fourth-order valence-electron chi connectivity index (χ4n) is 2.64. The Kier molecular flexibility index (Phi) is 7.05. The van der Waals surface area contributed by atoms with Gasteiger partial charge in [0, 0.05) is 12.0 Å². The molecule has 0 saturated heterocycles. The first-order chi connectivity index (χ1) is 12.9. The molecule has 1 unspecified atom stereocenters. The minimum atomic E-state index is -1.68. The van der Waals surface area contributed by atoms with Crippen molar-refractivity contribution >= 4 is 11.9 Å². The normalized spacial score (nSPS) is 12.9. The van der Waals surface area contributed by atoms with Crippen LogP contribution in [-0.2, 0) is 15.3 Å². The molecule has 0 aromatic heterocycles. The molecule has 1 atom stereocenters. The van der Waals surface area contributed by atoms with Crippen LogP contribution in [-0.4, -0.2) is 23.7 Å². The van der Waals surface area contributed by atoms with Crippen molar-refractivity contribution in [1.82, 2.24) is 0 Å². The Hall–Kier alpha value is -2.76. The smallest absolute Gasteiger partial charge is 0.346 e. The monoisotopic (exact) mass is 368 g/mol. The van der Waals surface area contributed by atoms with Gasteiger partial charge in [-0.15, -0.1) is 0 Å². The molecule has 5 nitrogen and oxygen atoms in total. The Bertz CT molecular complexity index is 812. The number of carbonyl (C=O) groups is 2. The summed E-state index contributed by atoms with van der Waals surface area (Å²) in [5.41, 5.74) is 1.35. The fourth-order valence-corrected chi connectivity index (χ4v) is 2.64. The van der Waals surface area contributed by atoms with Crippen LogP contribution in [0.5, 0.6) is 0 Å². The number of carbonyl (C=O) groups excluding carboxylic acids is 2. The highest BCUT2D eigenvalue weighted by Gasteiger charge is 2.34. The molecule has 0 amide bonds. The number of rotatable bonds is 8. The first-order valence-electron chi connectivity index (χ1n) is 8.79. The van der Waals surface area contributed by atoms with Crippen LogP contribution in [0.2, 0.25) is 0 Å². The molecule has 0 spiro atoms. The van der Waals surface area contributed by atoms with Crippen LogP contribution in [0.1, 0.15) is 53.0 Å². The van der Waals surface area contributed by atoms with E-state index in [9.17, 15) is 14.7 Å². The summed E-state index contributed by atoms with van der Waals surface area (Å²) >= 11 is 0. The van der Waals surface area contributed by atoms with Crippen LogP contribution in [0.25, 0.3) is 0 Å². The topological polar surface area (TPSA) is 72.8 Å². The van der Waals surface area contributed by atoms with E-state index in [4.69, 9.17) is 9.47 Å². The van der Waals surface area contributed by atoms with Crippen molar-refractivity contribution in [2.45, 2.75) is 32.5 Å². The minimum absolute atomic E-state index is 0.0828. The van der Waals surface area contributed by atoms with Crippen molar-refractivity contribution in [3.05, 3.63) is 83.4 Å². The second-order valence-electron chi connectivity index (χ2n) is 6.37. The summed E-state index contributed by atoms with van der Waals surface area (Å²) < 4.78 is 10.7. The average Bonchev–Trinajstić information content (AvgIpc) is 2.67. The number of hydrogen-bond donors (Lipinski definition) is 1. The zero-order chi connectivity index (χ0) is 19.9. The molecule has 1 N–H and O–H groups in total. The lowest BCUT2D eigenvalue weighted by Gasteiger charge is -2.30. The Labute approximate surface area is 159 Å². The quantitative estimate of drug-likeness (QED) is 0.327. The standard InChI is InChI=1S/C22H24O5/c1-4-14-22(25,26-15-16(2)3)19-13-9-8-12-18(19)21(24)27-20(23)17-10-6-5-7-11-17/h5-13,25H,2,4,14-15H2,1,3H3. The molecule has 27 heavy (non-hydrogen) atoms. The highest BCUT2D eigenvalue weighted by molar-refractivity contribution is 6.03. The van der Waals surface area contributed by atoms with Gasteiger partial charge < -0.3 is 14.6 Å². The summed E-state index contributed by atoms with van der Waals surface area (Å²) in [6.07, 6.45) is 0.899. The van der Waals surface area contributed by atoms with Gasteiger partial charge in [-0.05, 0) is 25.1 Å². The molecule has 142 valence electrons. The fraction of sp³-hybridized carbons (Fsp3) is 0.273. The summed E-state index contributed by atoms with van der Waals surface area (Å²) in [5, 5.41) is 11.1. The summed E-state index contributed by atoms with van der Waals surface area (Å²) in [4.78, 5) is 24.8. The van der Waals surface area contributed by atoms with Gasteiger partial charge in [-0.3, -0.25) is 0 Å². The largest absolute Gasteiger partial charge is 0.386 e. The van der Waals surface area contributed by atoms with Crippen molar-refractivity contribution in [2.24, 2.45) is 0 Å². The molecule has 2 aromatic rings. The summed E-state index contributed by atoms with van der Waals surface area (Å²) in [5.74, 6) is -3.27. The molecule has 0 aliphatic carbocycles. The second kappa shape index (κ2) is 9.26. The van der Waals surface area contributed by atoms with E-state index >= 15 is 0 Å². The molecular weight excluding hydrogens is 344 g/mol. The van der Waals surface area contributed by atoms with Crippen molar-refractivity contribution in [3.63, 3.8) is 0 Å². The third kappa shape index (κ3) is 5.36. The number of aliphatic hydroxyl groups is 1. The zero-order valence-corrected chi connectivity index (χ0v) is 15.6.